The van der Waals surface area contributed by atoms with Crippen molar-refractivity contribution in [2.75, 3.05) is 13.1 Å². The lowest BCUT2D eigenvalue weighted by Gasteiger charge is -2.32. The fourth-order valence-corrected chi connectivity index (χ4v) is 3.47. The topological polar surface area (TPSA) is 21.1 Å². The van der Waals surface area contributed by atoms with Gasteiger partial charge in [0.25, 0.3) is 0 Å². The summed E-state index contributed by atoms with van der Waals surface area (Å²) >= 11 is 0. The fraction of sp³-hybridized carbons (Fsp3) is 0.500. The minimum Gasteiger partial charge on any atom is -0.335 e. The second kappa shape index (κ2) is 6.97. The van der Waals surface area contributed by atoms with Crippen molar-refractivity contribution in [1.82, 2.24) is 14.5 Å². The molecule has 2 heterocycles. The standard InChI is InChI=1S/C18H22F3N3/c1-2-24-12-9-22-17(24)14-7-10-23(11-8-14)13-15-5-3-4-6-16(15)18(19,20)21/h3-6,9,12,14H,2,7-8,10-11,13H2,1H3. The van der Waals surface area contributed by atoms with Crippen molar-refractivity contribution in [1.29, 1.82) is 0 Å². The molecule has 1 aromatic carbocycles. The number of rotatable bonds is 4. The third-order valence-corrected chi connectivity index (χ3v) is 4.76. The van der Waals surface area contributed by atoms with Gasteiger partial charge in [-0.3, -0.25) is 4.90 Å². The molecule has 1 fully saturated rings. The van der Waals surface area contributed by atoms with E-state index in [1.165, 1.54) is 12.1 Å². The molecule has 130 valence electrons. The maximum atomic E-state index is 13.1. The third-order valence-electron chi connectivity index (χ3n) is 4.76. The third kappa shape index (κ3) is 3.64. The molecule has 0 saturated carbocycles. The van der Waals surface area contributed by atoms with E-state index in [9.17, 15) is 13.2 Å². The van der Waals surface area contributed by atoms with E-state index < -0.39 is 11.7 Å². The number of aromatic nitrogens is 2. The molecule has 0 spiro atoms. The highest BCUT2D eigenvalue weighted by Crippen LogP contribution is 2.33. The monoisotopic (exact) mass is 337 g/mol. The van der Waals surface area contributed by atoms with Gasteiger partial charge in [0.15, 0.2) is 0 Å². The smallest absolute Gasteiger partial charge is 0.335 e. The van der Waals surface area contributed by atoms with Crippen LogP contribution in [-0.4, -0.2) is 27.5 Å². The number of aryl methyl sites for hydroxylation is 1. The summed E-state index contributed by atoms with van der Waals surface area (Å²) in [6.45, 7) is 4.94. The van der Waals surface area contributed by atoms with Crippen LogP contribution >= 0.6 is 0 Å². The van der Waals surface area contributed by atoms with E-state index >= 15 is 0 Å². The molecule has 1 aliphatic heterocycles. The minimum absolute atomic E-state index is 0.352. The van der Waals surface area contributed by atoms with Crippen molar-refractivity contribution < 1.29 is 13.2 Å². The number of piperidine rings is 1. The Morgan fingerprint density at radius 2 is 1.88 bits per heavy atom. The van der Waals surface area contributed by atoms with E-state index in [1.807, 2.05) is 12.4 Å². The number of nitrogens with zero attached hydrogens (tertiary/aromatic N) is 3. The second-order valence-electron chi connectivity index (χ2n) is 6.28. The molecule has 1 saturated heterocycles. The summed E-state index contributed by atoms with van der Waals surface area (Å²) < 4.78 is 41.5. The molecule has 0 atom stereocenters. The number of imidazole rings is 1. The highest BCUT2D eigenvalue weighted by atomic mass is 19.4. The van der Waals surface area contributed by atoms with E-state index in [2.05, 4.69) is 21.4 Å². The van der Waals surface area contributed by atoms with E-state index in [0.717, 1.165) is 38.3 Å². The predicted molar refractivity (Wildman–Crippen MR) is 86.6 cm³/mol. The van der Waals surface area contributed by atoms with Gasteiger partial charge in [0.1, 0.15) is 5.82 Å². The van der Waals surface area contributed by atoms with Crippen LogP contribution in [0.4, 0.5) is 13.2 Å². The lowest BCUT2D eigenvalue weighted by Crippen LogP contribution is -2.33. The Hall–Kier alpha value is -1.82. The predicted octanol–water partition coefficient (Wildman–Crippen LogP) is 4.30. The van der Waals surface area contributed by atoms with Crippen LogP contribution in [0.15, 0.2) is 36.7 Å². The molecular formula is C18H22F3N3. The average Bonchev–Trinajstić information content (AvgIpc) is 3.04. The number of halogens is 3. The second-order valence-corrected chi connectivity index (χ2v) is 6.28. The van der Waals surface area contributed by atoms with Crippen molar-refractivity contribution >= 4 is 0 Å². The van der Waals surface area contributed by atoms with Gasteiger partial charge in [0.2, 0.25) is 0 Å². The molecule has 0 amide bonds. The van der Waals surface area contributed by atoms with Gasteiger partial charge < -0.3 is 4.57 Å². The summed E-state index contributed by atoms with van der Waals surface area (Å²) in [7, 11) is 0. The van der Waals surface area contributed by atoms with Gasteiger partial charge in [-0.2, -0.15) is 13.2 Å². The van der Waals surface area contributed by atoms with Gasteiger partial charge in [-0.25, -0.2) is 4.98 Å². The van der Waals surface area contributed by atoms with Crippen LogP contribution in [0.5, 0.6) is 0 Å². The van der Waals surface area contributed by atoms with Gasteiger partial charge in [-0.1, -0.05) is 18.2 Å². The van der Waals surface area contributed by atoms with Crippen LogP contribution in [0, 0.1) is 0 Å². The fourth-order valence-electron chi connectivity index (χ4n) is 3.47. The van der Waals surface area contributed by atoms with Crippen LogP contribution < -0.4 is 0 Å². The molecule has 0 bridgehead atoms. The molecule has 24 heavy (non-hydrogen) atoms. The number of alkyl halides is 3. The summed E-state index contributed by atoms with van der Waals surface area (Å²) in [4.78, 5) is 6.57. The zero-order valence-corrected chi connectivity index (χ0v) is 13.8. The molecule has 0 radical (unpaired) electrons. The van der Waals surface area contributed by atoms with Crippen LogP contribution in [-0.2, 0) is 19.3 Å². The zero-order chi connectivity index (χ0) is 17.2. The first-order chi connectivity index (χ1) is 11.5. The van der Waals surface area contributed by atoms with Gasteiger partial charge in [0.05, 0.1) is 5.56 Å². The summed E-state index contributed by atoms with van der Waals surface area (Å²) in [6, 6.07) is 5.87. The quantitative estimate of drug-likeness (QED) is 0.829. The lowest BCUT2D eigenvalue weighted by molar-refractivity contribution is -0.138. The van der Waals surface area contributed by atoms with E-state index in [-0.39, 0.29) is 0 Å². The number of hydrogen-bond donors (Lipinski definition) is 0. The first-order valence-corrected chi connectivity index (χ1v) is 8.37. The van der Waals surface area contributed by atoms with Gasteiger partial charge in [-0.05, 0) is 44.5 Å². The zero-order valence-electron chi connectivity index (χ0n) is 13.8. The Kier molecular flexibility index (Phi) is 4.94. The molecule has 2 aromatic rings. The summed E-state index contributed by atoms with van der Waals surface area (Å²) in [5.41, 5.74) is -0.160. The van der Waals surface area contributed by atoms with Crippen LogP contribution in [0.1, 0.15) is 42.6 Å². The SMILES string of the molecule is CCn1ccnc1C1CCN(Cc2ccccc2C(F)(F)F)CC1. The Morgan fingerprint density at radius 1 is 1.17 bits per heavy atom. The lowest BCUT2D eigenvalue weighted by atomic mass is 9.95. The van der Waals surface area contributed by atoms with Crippen molar-refractivity contribution in [2.45, 2.75) is 44.9 Å². The highest BCUT2D eigenvalue weighted by Gasteiger charge is 2.33. The van der Waals surface area contributed by atoms with Crippen LogP contribution in [0.25, 0.3) is 0 Å². The molecule has 6 heteroatoms. The van der Waals surface area contributed by atoms with E-state index in [0.29, 0.717) is 18.0 Å². The first kappa shape index (κ1) is 17.0. The van der Waals surface area contributed by atoms with Crippen molar-refractivity contribution in [3.05, 3.63) is 53.6 Å². The Labute approximate surface area is 140 Å². The molecule has 1 aliphatic rings. The Bertz CT molecular complexity index is 670. The molecule has 1 aromatic heterocycles. The van der Waals surface area contributed by atoms with Crippen LogP contribution in [0.2, 0.25) is 0 Å². The normalized spacial score (nSPS) is 17.3. The maximum absolute atomic E-state index is 13.1. The molecule has 0 aliphatic carbocycles. The summed E-state index contributed by atoms with van der Waals surface area (Å²) in [5, 5.41) is 0. The van der Waals surface area contributed by atoms with Crippen molar-refractivity contribution in [3.8, 4) is 0 Å². The largest absolute Gasteiger partial charge is 0.416 e. The van der Waals surface area contributed by atoms with Gasteiger partial charge in [-0.15, -0.1) is 0 Å². The highest BCUT2D eigenvalue weighted by molar-refractivity contribution is 5.29. The maximum Gasteiger partial charge on any atom is 0.416 e. The van der Waals surface area contributed by atoms with Gasteiger partial charge in [0, 0.05) is 31.4 Å². The van der Waals surface area contributed by atoms with Crippen LogP contribution in [0.3, 0.4) is 0 Å². The minimum atomic E-state index is -4.29. The number of likely N-dealkylation sites (tertiary alicyclic amines) is 1. The van der Waals surface area contributed by atoms with Gasteiger partial charge >= 0.3 is 6.18 Å². The number of hydrogen-bond acceptors (Lipinski definition) is 2. The Balaban J connectivity index is 1.64. The molecular weight excluding hydrogens is 315 g/mol. The first-order valence-electron chi connectivity index (χ1n) is 8.37. The average molecular weight is 337 g/mol. The molecule has 3 nitrogen and oxygen atoms in total. The molecule has 3 rings (SSSR count). The number of benzene rings is 1. The van der Waals surface area contributed by atoms with E-state index in [4.69, 9.17) is 0 Å². The summed E-state index contributed by atoms with van der Waals surface area (Å²) in [6.07, 6.45) is 1.39. The summed E-state index contributed by atoms with van der Waals surface area (Å²) in [5.74, 6) is 1.50. The van der Waals surface area contributed by atoms with Crippen molar-refractivity contribution in [2.24, 2.45) is 0 Å². The Morgan fingerprint density at radius 3 is 2.54 bits per heavy atom. The molecule has 0 unspecified atom stereocenters. The van der Waals surface area contributed by atoms with E-state index in [1.54, 1.807) is 12.1 Å². The van der Waals surface area contributed by atoms with Crippen molar-refractivity contribution in [3.63, 3.8) is 0 Å². The molecule has 0 N–H and O–H groups in total.